The van der Waals surface area contributed by atoms with E-state index in [4.69, 9.17) is 129 Å². The molecule has 10 aromatic carbocycles. The summed E-state index contributed by atoms with van der Waals surface area (Å²) in [6.07, 6.45) is 0. The molecular formula is C57H20B14N4O. The number of furan rings is 1. The van der Waals surface area contributed by atoms with Gasteiger partial charge in [0.05, 0.1) is 11.0 Å². The number of benzene rings is 10. The zero-order valence-electron chi connectivity index (χ0n) is 40.3. The Morgan fingerprint density at radius 1 is 0.316 bits per heavy atom. The Hall–Kier alpha value is -7.50. The van der Waals surface area contributed by atoms with Crippen LogP contribution in [0.25, 0.3) is 127 Å². The first-order valence-electron chi connectivity index (χ1n) is 23.8. The maximum atomic E-state index is 6.90. The van der Waals surface area contributed by atoms with Crippen molar-refractivity contribution in [3.05, 3.63) is 121 Å². The van der Waals surface area contributed by atoms with E-state index in [0.717, 1.165) is 38.6 Å². The molecule has 0 aliphatic rings. The quantitative estimate of drug-likeness (QED) is 0.144. The summed E-state index contributed by atoms with van der Waals surface area (Å²) >= 11 is 0. The maximum Gasteiger partial charge on any atom is 0.164 e. The van der Waals surface area contributed by atoms with Gasteiger partial charge < -0.3 is 8.98 Å². The van der Waals surface area contributed by atoms with Gasteiger partial charge in [0.25, 0.3) is 0 Å². The molecule has 0 aliphatic carbocycles. The van der Waals surface area contributed by atoms with Gasteiger partial charge in [-0.25, -0.2) is 15.0 Å². The van der Waals surface area contributed by atoms with Crippen LogP contribution in [0.2, 0.25) is 0 Å². The molecule has 0 spiro atoms. The van der Waals surface area contributed by atoms with Gasteiger partial charge in [-0.1, -0.05) is 129 Å². The lowest BCUT2D eigenvalue weighted by atomic mass is 9.56. The first-order valence-corrected chi connectivity index (χ1v) is 23.8. The van der Waals surface area contributed by atoms with E-state index in [1.165, 1.54) is 32.3 Å². The van der Waals surface area contributed by atoms with Crippen molar-refractivity contribution in [1.82, 2.24) is 19.5 Å². The van der Waals surface area contributed by atoms with Gasteiger partial charge in [-0.15, -0.1) is 32.8 Å². The van der Waals surface area contributed by atoms with E-state index in [0.29, 0.717) is 16.7 Å². The van der Waals surface area contributed by atoms with E-state index >= 15 is 0 Å². The monoisotopic (exact) mass is 930 g/mol. The van der Waals surface area contributed by atoms with Gasteiger partial charge in [0.2, 0.25) is 0 Å². The van der Waals surface area contributed by atoms with Crippen LogP contribution in [0.3, 0.4) is 0 Å². The Labute approximate surface area is 456 Å². The Bertz CT molecular complexity index is 4620. The van der Waals surface area contributed by atoms with Crippen LogP contribution in [0.5, 0.6) is 0 Å². The SMILES string of the molecule is [B]c1c([B])c([B])c(-c2nc(-c3ccc4c(c3)oc3cccc(-c5ccc6c7ccccc7c7cccc8c7c6c5n8-c5ccccc5)c34)nc(-c3c([B])c([B])c(-c4c([B])c([B])c([B])c([B])c4[B])c([B])c3[B])n2)c([B])c1[B]. The summed E-state index contributed by atoms with van der Waals surface area (Å²) in [6.45, 7) is 0. The predicted octanol–water partition coefficient (Wildman–Crippen LogP) is -1.94. The third-order valence-corrected chi connectivity index (χ3v) is 14.9. The van der Waals surface area contributed by atoms with Gasteiger partial charge in [0.15, 0.2) is 17.5 Å². The standard InChI is InChI=1S/C57H20B14N4O/c58-40-36(37-42(60)48(66)52(70)49(67)43(37)61)41(59)45(63)38(44(40)62)56-72-55(73-57(74-56)39-46(64)50(68)53(71)51(69)47(39)65)21-16-17-29-32(20-21)76-31-15-7-13-26(33(29)31)28-19-18-27-24-11-5-4-10-23(24)25-12-6-14-30-34(25)35(27)54(28)75(30)22-8-2-1-3-9-22/h1-20H. The molecule has 0 atom stereocenters. The first kappa shape index (κ1) is 48.2. The maximum absolute atomic E-state index is 6.90. The fourth-order valence-corrected chi connectivity index (χ4v) is 11.1. The minimum atomic E-state index is -0.102. The molecule has 3 aromatic heterocycles. The second-order valence-electron chi connectivity index (χ2n) is 18.9. The normalized spacial score (nSPS) is 11.9. The van der Waals surface area contributed by atoms with E-state index in [-0.39, 0.29) is 116 Å². The summed E-state index contributed by atoms with van der Waals surface area (Å²) in [5.41, 5.74) is 6.48. The van der Waals surface area contributed by atoms with Crippen LogP contribution < -0.4 is 76.5 Å². The molecule has 3 heterocycles. The second-order valence-corrected chi connectivity index (χ2v) is 18.9. The highest BCUT2D eigenvalue weighted by atomic mass is 16.3. The molecule has 0 bridgehead atoms. The van der Waals surface area contributed by atoms with E-state index in [1.54, 1.807) is 0 Å². The lowest BCUT2D eigenvalue weighted by Crippen LogP contribution is -2.57. The average Bonchev–Trinajstić information content (AvgIpc) is 4.08. The molecule has 0 N–H and O–H groups in total. The molecule has 13 rings (SSSR count). The summed E-state index contributed by atoms with van der Waals surface area (Å²) in [5, 5.41) is 8.86. The summed E-state index contributed by atoms with van der Waals surface area (Å²) in [6, 6.07) is 41.8. The topological polar surface area (TPSA) is 56.7 Å². The zero-order chi connectivity index (χ0) is 52.9. The number of hydrogen-bond donors (Lipinski definition) is 0. The predicted molar refractivity (Wildman–Crippen MR) is 330 cm³/mol. The lowest BCUT2D eigenvalue weighted by molar-refractivity contribution is 0.669. The molecule has 19 heteroatoms. The van der Waals surface area contributed by atoms with E-state index in [1.807, 2.05) is 36.4 Å². The molecule has 28 radical (unpaired) electrons. The highest BCUT2D eigenvalue weighted by molar-refractivity contribution is 6.71. The summed E-state index contributed by atoms with van der Waals surface area (Å²) < 4.78 is 9.13. The Morgan fingerprint density at radius 2 is 0.776 bits per heavy atom. The van der Waals surface area contributed by atoms with Crippen molar-refractivity contribution in [2.75, 3.05) is 0 Å². The number of aromatic nitrogens is 4. The molecule has 0 amide bonds. The second kappa shape index (κ2) is 17.5. The number of fused-ring (bicyclic) bond motifs is 6. The lowest BCUT2D eigenvalue weighted by Gasteiger charge is -2.28. The molecule has 316 valence electrons. The van der Waals surface area contributed by atoms with Gasteiger partial charge in [0, 0.05) is 49.5 Å². The highest BCUT2D eigenvalue weighted by Gasteiger charge is 2.27. The third kappa shape index (κ3) is 6.76. The van der Waals surface area contributed by atoms with Gasteiger partial charge in [-0.05, 0) is 74.6 Å². The van der Waals surface area contributed by atoms with E-state index in [9.17, 15) is 0 Å². The smallest absolute Gasteiger partial charge is 0.164 e. The van der Waals surface area contributed by atoms with Gasteiger partial charge >= 0.3 is 0 Å². The van der Waals surface area contributed by atoms with Crippen LogP contribution in [0.4, 0.5) is 0 Å². The Balaban J connectivity index is 1.04. The van der Waals surface area contributed by atoms with Crippen LogP contribution in [0.1, 0.15) is 0 Å². The molecule has 0 unspecified atom stereocenters. The molecule has 0 saturated carbocycles. The van der Waals surface area contributed by atoms with E-state index < -0.39 is 0 Å². The third-order valence-electron chi connectivity index (χ3n) is 14.9. The largest absolute Gasteiger partial charge is 0.456 e. The molecule has 0 saturated heterocycles. The Morgan fingerprint density at radius 3 is 1.37 bits per heavy atom. The molecule has 13 aromatic rings. The molecule has 76 heavy (non-hydrogen) atoms. The average molecular weight is 928 g/mol. The molecular weight excluding hydrogens is 908 g/mol. The fraction of sp³-hybridized carbons (Fsp3) is 0. The number of rotatable bonds is 6. The van der Waals surface area contributed by atoms with Crippen LogP contribution in [-0.2, 0) is 0 Å². The van der Waals surface area contributed by atoms with Crippen molar-refractivity contribution in [1.29, 1.82) is 0 Å². The van der Waals surface area contributed by atoms with Crippen molar-refractivity contribution in [3.63, 3.8) is 0 Å². The van der Waals surface area contributed by atoms with Crippen LogP contribution in [-0.4, -0.2) is 129 Å². The fourth-order valence-electron chi connectivity index (χ4n) is 11.1. The van der Waals surface area contributed by atoms with Gasteiger partial charge in [-0.2, -0.15) is 0 Å². The Kier molecular flexibility index (Phi) is 11.1. The first-order chi connectivity index (χ1) is 36.6. The van der Waals surface area contributed by atoms with Crippen LogP contribution in [0, 0.1) is 0 Å². The van der Waals surface area contributed by atoms with Crippen molar-refractivity contribution in [2.45, 2.75) is 0 Å². The molecule has 0 fully saturated rings. The summed E-state index contributed by atoms with van der Waals surface area (Å²) in [7, 11) is 91.3. The van der Waals surface area contributed by atoms with Gasteiger partial charge in [-0.3, -0.25) is 0 Å². The summed E-state index contributed by atoms with van der Waals surface area (Å²) in [5.74, 6) is -0.0384. The van der Waals surface area contributed by atoms with Crippen LogP contribution in [0.15, 0.2) is 126 Å². The highest BCUT2D eigenvalue weighted by Crippen LogP contribution is 2.48. The number of para-hydroxylation sites is 1. The number of nitrogens with zero attached hydrogens (tertiary/aromatic N) is 4. The summed E-state index contributed by atoms with van der Waals surface area (Å²) in [4.78, 5) is 14.7. The van der Waals surface area contributed by atoms with Crippen molar-refractivity contribution < 1.29 is 4.42 Å². The van der Waals surface area contributed by atoms with E-state index in [2.05, 4.69) is 89.5 Å². The minimum absolute atomic E-state index is 0.00779. The van der Waals surface area contributed by atoms with Gasteiger partial charge in [0.1, 0.15) is 121 Å². The zero-order valence-corrected chi connectivity index (χ0v) is 40.3. The van der Waals surface area contributed by atoms with Crippen molar-refractivity contribution in [3.8, 4) is 62.1 Å². The van der Waals surface area contributed by atoms with Crippen LogP contribution >= 0.6 is 0 Å². The minimum Gasteiger partial charge on any atom is -0.456 e. The molecule has 0 aliphatic heterocycles. The number of hydrogen-bond acceptors (Lipinski definition) is 4. The van der Waals surface area contributed by atoms with Crippen molar-refractivity contribution >= 4 is 252 Å². The molecule has 5 nitrogen and oxygen atoms in total. The van der Waals surface area contributed by atoms with Crippen molar-refractivity contribution in [2.24, 2.45) is 0 Å².